The van der Waals surface area contributed by atoms with Gasteiger partial charge in [0.2, 0.25) is 6.41 Å². The Morgan fingerprint density at radius 2 is 2.17 bits per heavy atom. The number of amides is 1. The van der Waals surface area contributed by atoms with Crippen molar-refractivity contribution in [1.82, 2.24) is 4.90 Å². The van der Waals surface area contributed by atoms with Crippen LogP contribution in [0.2, 0.25) is 0 Å². The highest BCUT2D eigenvalue weighted by Gasteiger charge is 2.32. The minimum absolute atomic E-state index is 0.0224. The average molecular weight is 327 g/mol. The molecule has 0 saturated carbocycles. The van der Waals surface area contributed by atoms with Gasteiger partial charge in [0, 0.05) is 19.4 Å². The molecule has 1 N–H and O–H groups in total. The van der Waals surface area contributed by atoms with Gasteiger partial charge in [-0.25, -0.2) is 0 Å². The minimum Gasteiger partial charge on any atom is -0.504 e. The summed E-state index contributed by atoms with van der Waals surface area (Å²) >= 11 is 0. The Bertz CT molecular complexity index is 713. The van der Waals surface area contributed by atoms with Crippen LogP contribution in [0.5, 0.6) is 11.5 Å². The summed E-state index contributed by atoms with van der Waals surface area (Å²) in [7, 11) is 3.50. The molecule has 1 unspecified atom stereocenters. The van der Waals surface area contributed by atoms with E-state index >= 15 is 0 Å². The van der Waals surface area contributed by atoms with E-state index in [4.69, 9.17) is 4.74 Å². The SMILES string of the molecule is Bc1cc(OC)c(O)cc1CC1C2=C(CCN1C=O)CC(=O)CC2. The van der Waals surface area contributed by atoms with Crippen LogP contribution in [0.15, 0.2) is 23.3 Å². The third kappa shape index (κ3) is 3.05. The van der Waals surface area contributed by atoms with Crippen molar-refractivity contribution >= 4 is 25.5 Å². The molecule has 1 amide bonds. The Labute approximate surface area is 142 Å². The van der Waals surface area contributed by atoms with E-state index in [1.165, 1.54) is 18.3 Å². The fraction of sp³-hybridized carbons (Fsp3) is 0.444. The molecule has 0 fully saturated rings. The van der Waals surface area contributed by atoms with Crippen molar-refractivity contribution < 1.29 is 19.4 Å². The summed E-state index contributed by atoms with van der Waals surface area (Å²) in [5, 5.41) is 10.1. The molecule has 126 valence electrons. The molecule has 24 heavy (non-hydrogen) atoms. The van der Waals surface area contributed by atoms with Crippen molar-refractivity contribution in [3.05, 3.63) is 28.8 Å². The van der Waals surface area contributed by atoms with E-state index in [0.717, 1.165) is 30.3 Å². The number of hydrogen-bond donors (Lipinski definition) is 1. The highest BCUT2D eigenvalue weighted by Crippen LogP contribution is 2.35. The number of ether oxygens (including phenoxy) is 1. The van der Waals surface area contributed by atoms with Gasteiger partial charge in [0.1, 0.15) is 13.6 Å². The van der Waals surface area contributed by atoms with E-state index in [-0.39, 0.29) is 11.8 Å². The second-order valence-electron chi connectivity index (χ2n) is 6.61. The van der Waals surface area contributed by atoms with Crippen molar-refractivity contribution in [3.63, 3.8) is 0 Å². The van der Waals surface area contributed by atoms with Crippen molar-refractivity contribution in [2.24, 2.45) is 0 Å². The van der Waals surface area contributed by atoms with Gasteiger partial charge in [-0.05, 0) is 42.5 Å². The Morgan fingerprint density at radius 1 is 1.38 bits per heavy atom. The third-order valence-electron chi connectivity index (χ3n) is 5.20. The largest absolute Gasteiger partial charge is 0.504 e. The summed E-state index contributed by atoms with van der Waals surface area (Å²) in [6.45, 7) is 0.654. The van der Waals surface area contributed by atoms with Gasteiger partial charge < -0.3 is 14.7 Å². The van der Waals surface area contributed by atoms with E-state index in [0.29, 0.717) is 37.3 Å². The maximum atomic E-state index is 11.7. The molecule has 6 heteroatoms. The topological polar surface area (TPSA) is 66.8 Å². The Kier molecular flexibility index (Phi) is 4.65. The first-order valence-corrected chi connectivity index (χ1v) is 8.33. The molecular weight excluding hydrogens is 305 g/mol. The van der Waals surface area contributed by atoms with Gasteiger partial charge in [0.15, 0.2) is 11.5 Å². The smallest absolute Gasteiger partial charge is 0.210 e. The minimum atomic E-state index is -0.0224. The van der Waals surface area contributed by atoms with Gasteiger partial charge in [0.25, 0.3) is 0 Å². The molecular formula is C18H22BNO4. The van der Waals surface area contributed by atoms with Crippen molar-refractivity contribution in [3.8, 4) is 11.5 Å². The summed E-state index contributed by atoms with van der Waals surface area (Å²) in [6.07, 6.45) is 4.19. The second-order valence-corrected chi connectivity index (χ2v) is 6.61. The lowest BCUT2D eigenvalue weighted by Crippen LogP contribution is -2.43. The van der Waals surface area contributed by atoms with Crippen LogP contribution < -0.4 is 10.2 Å². The lowest BCUT2D eigenvalue weighted by atomic mass is 9.78. The molecule has 2 aliphatic rings. The fourth-order valence-corrected chi connectivity index (χ4v) is 3.83. The number of carbonyl (C=O) groups excluding carboxylic acids is 2. The summed E-state index contributed by atoms with van der Waals surface area (Å²) < 4.78 is 5.15. The van der Waals surface area contributed by atoms with Crippen molar-refractivity contribution in [2.45, 2.75) is 38.1 Å². The molecule has 5 nitrogen and oxygen atoms in total. The summed E-state index contributed by atoms with van der Waals surface area (Å²) in [4.78, 5) is 25.1. The summed E-state index contributed by atoms with van der Waals surface area (Å²) in [5.41, 5.74) is 4.47. The average Bonchev–Trinajstić information content (AvgIpc) is 2.57. The number of benzene rings is 1. The van der Waals surface area contributed by atoms with Crippen LogP contribution in [0.1, 0.15) is 31.2 Å². The van der Waals surface area contributed by atoms with Crippen LogP contribution in [-0.2, 0) is 16.0 Å². The number of methoxy groups -OCH3 is 1. The first-order valence-electron chi connectivity index (χ1n) is 8.33. The zero-order valence-electron chi connectivity index (χ0n) is 14.2. The van der Waals surface area contributed by atoms with Gasteiger partial charge in [0.05, 0.1) is 13.2 Å². The molecule has 1 heterocycles. The van der Waals surface area contributed by atoms with Crippen LogP contribution in [-0.4, -0.2) is 49.7 Å². The number of carbonyl (C=O) groups is 2. The highest BCUT2D eigenvalue weighted by molar-refractivity contribution is 6.33. The van der Waals surface area contributed by atoms with Crippen molar-refractivity contribution in [1.29, 1.82) is 0 Å². The number of phenols is 1. The van der Waals surface area contributed by atoms with Crippen molar-refractivity contribution in [2.75, 3.05) is 13.7 Å². The van der Waals surface area contributed by atoms with Crippen LogP contribution in [0.3, 0.4) is 0 Å². The molecule has 1 aromatic rings. The first kappa shape index (κ1) is 16.6. The van der Waals surface area contributed by atoms with Crippen LogP contribution in [0.4, 0.5) is 0 Å². The number of hydrogen-bond acceptors (Lipinski definition) is 4. The predicted octanol–water partition coefficient (Wildman–Crippen LogP) is 0.482. The van der Waals surface area contributed by atoms with Gasteiger partial charge in [-0.15, -0.1) is 0 Å². The molecule has 1 aliphatic carbocycles. The quantitative estimate of drug-likeness (QED) is 0.496. The molecule has 0 radical (unpaired) electrons. The van der Waals surface area contributed by atoms with Crippen LogP contribution in [0.25, 0.3) is 0 Å². The fourth-order valence-electron chi connectivity index (χ4n) is 3.83. The van der Waals surface area contributed by atoms with Crippen LogP contribution >= 0.6 is 0 Å². The zero-order valence-corrected chi connectivity index (χ0v) is 14.2. The number of phenolic OH excluding ortho intramolecular Hbond substituents is 1. The first-order chi connectivity index (χ1) is 11.5. The molecule has 0 aromatic heterocycles. The van der Waals surface area contributed by atoms with Gasteiger partial charge in [-0.1, -0.05) is 11.0 Å². The molecule has 1 aromatic carbocycles. The standard InChI is InChI=1S/C18H22BNO4/c1-24-18-9-15(19)12(8-17(18)23)7-16-14-3-2-13(22)6-11(14)4-5-20(16)10-21/h8-10,16,23H,2-7,19H2,1H3. The molecule has 3 rings (SSSR count). The summed E-state index contributed by atoms with van der Waals surface area (Å²) in [6, 6.07) is 3.52. The lowest BCUT2D eigenvalue weighted by Gasteiger charge is -2.39. The maximum absolute atomic E-state index is 11.7. The van der Waals surface area contributed by atoms with Gasteiger partial charge >= 0.3 is 0 Å². The highest BCUT2D eigenvalue weighted by atomic mass is 16.5. The van der Waals surface area contributed by atoms with E-state index in [1.54, 1.807) is 6.07 Å². The predicted molar refractivity (Wildman–Crippen MR) is 93.6 cm³/mol. The second kappa shape index (κ2) is 6.71. The monoisotopic (exact) mass is 327 g/mol. The lowest BCUT2D eigenvalue weighted by molar-refractivity contribution is -0.120. The number of rotatable bonds is 4. The molecule has 1 atom stereocenters. The Morgan fingerprint density at radius 3 is 2.88 bits per heavy atom. The Balaban J connectivity index is 1.94. The van der Waals surface area contributed by atoms with Gasteiger partial charge in [-0.3, -0.25) is 9.59 Å². The van der Waals surface area contributed by atoms with E-state index < -0.39 is 0 Å². The molecule has 0 saturated heterocycles. The third-order valence-corrected chi connectivity index (χ3v) is 5.20. The van der Waals surface area contributed by atoms with E-state index in [2.05, 4.69) is 0 Å². The van der Waals surface area contributed by atoms with E-state index in [1.807, 2.05) is 18.8 Å². The number of nitrogens with zero attached hydrogens (tertiary/aromatic N) is 1. The number of aromatic hydroxyl groups is 1. The van der Waals surface area contributed by atoms with Gasteiger partial charge in [-0.2, -0.15) is 0 Å². The molecule has 1 aliphatic heterocycles. The normalized spacial score (nSPS) is 20.8. The maximum Gasteiger partial charge on any atom is 0.210 e. The summed E-state index contributed by atoms with van der Waals surface area (Å²) in [5.74, 6) is 0.861. The van der Waals surface area contributed by atoms with E-state index in [9.17, 15) is 14.7 Å². The molecule has 0 spiro atoms. The zero-order chi connectivity index (χ0) is 17.3. The number of ketones is 1. The van der Waals surface area contributed by atoms with Crippen LogP contribution in [0, 0.1) is 0 Å². The Hall–Kier alpha value is -2.24. The molecule has 0 bridgehead atoms. The number of Topliss-reactive ketones (excluding diaryl/α,β-unsaturated/α-hetero) is 1.